The third-order valence-corrected chi connectivity index (χ3v) is 2.23. The molecule has 0 fully saturated rings. The molecule has 2 N–H and O–H groups in total. The normalized spacial score (nSPS) is 12.7. The highest BCUT2D eigenvalue weighted by Gasteiger charge is 2.19. The first-order valence-corrected chi connectivity index (χ1v) is 5.90. The fourth-order valence-corrected chi connectivity index (χ4v) is 1.35. The van der Waals surface area contributed by atoms with Gasteiger partial charge in [0.1, 0.15) is 17.6 Å². The predicted octanol–water partition coefficient (Wildman–Crippen LogP) is 1.81. The van der Waals surface area contributed by atoms with Crippen molar-refractivity contribution in [1.82, 2.24) is 10.3 Å². The molecule has 0 bridgehead atoms. The van der Waals surface area contributed by atoms with Gasteiger partial charge in [0.2, 0.25) is 5.91 Å². The van der Waals surface area contributed by atoms with Crippen molar-refractivity contribution >= 4 is 11.7 Å². The van der Waals surface area contributed by atoms with E-state index in [-0.39, 0.29) is 17.5 Å². The van der Waals surface area contributed by atoms with Gasteiger partial charge in [-0.15, -0.1) is 0 Å². The lowest BCUT2D eigenvalue weighted by molar-refractivity contribution is -0.122. The number of pyridine rings is 1. The number of hydrogen-bond acceptors (Lipinski definition) is 4. The molecule has 1 heterocycles. The lowest BCUT2D eigenvalue weighted by Gasteiger charge is -2.23. The molecule has 0 aliphatic heterocycles. The Hall–Kier alpha value is -1.78. The SMILES string of the molecule is COc1ccc(NC(C)C(=O)NC(C)(C)C)nc1. The van der Waals surface area contributed by atoms with E-state index in [0.29, 0.717) is 11.6 Å². The molecule has 5 nitrogen and oxygen atoms in total. The van der Waals surface area contributed by atoms with E-state index in [2.05, 4.69) is 15.6 Å². The maximum absolute atomic E-state index is 11.9. The van der Waals surface area contributed by atoms with Crippen molar-refractivity contribution in [3.63, 3.8) is 0 Å². The van der Waals surface area contributed by atoms with E-state index in [1.54, 1.807) is 32.4 Å². The summed E-state index contributed by atoms with van der Waals surface area (Å²) in [5.41, 5.74) is -0.236. The van der Waals surface area contributed by atoms with Gasteiger partial charge in [-0.05, 0) is 39.8 Å². The average Bonchev–Trinajstić information content (AvgIpc) is 2.27. The number of anilines is 1. The molecule has 0 saturated carbocycles. The lowest BCUT2D eigenvalue weighted by Crippen LogP contribution is -2.47. The number of rotatable bonds is 4. The van der Waals surface area contributed by atoms with Crippen molar-refractivity contribution in [3.05, 3.63) is 18.3 Å². The Kier molecular flexibility index (Phi) is 4.53. The summed E-state index contributed by atoms with van der Waals surface area (Å²) in [5.74, 6) is 1.28. The molecular weight excluding hydrogens is 230 g/mol. The van der Waals surface area contributed by atoms with E-state index >= 15 is 0 Å². The molecule has 0 spiro atoms. The minimum absolute atomic E-state index is 0.0554. The van der Waals surface area contributed by atoms with Crippen LogP contribution in [-0.4, -0.2) is 29.6 Å². The van der Waals surface area contributed by atoms with Crippen LogP contribution in [0.4, 0.5) is 5.82 Å². The van der Waals surface area contributed by atoms with Crippen LogP contribution in [0.3, 0.4) is 0 Å². The molecule has 1 unspecified atom stereocenters. The van der Waals surface area contributed by atoms with Gasteiger partial charge in [-0.2, -0.15) is 0 Å². The first kappa shape index (κ1) is 14.3. The Labute approximate surface area is 108 Å². The van der Waals surface area contributed by atoms with Gasteiger partial charge in [-0.3, -0.25) is 4.79 Å². The number of methoxy groups -OCH3 is 1. The van der Waals surface area contributed by atoms with Crippen LogP contribution in [0, 0.1) is 0 Å². The van der Waals surface area contributed by atoms with E-state index in [4.69, 9.17) is 4.74 Å². The standard InChI is InChI=1S/C13H21N3O2/c1-9(12(17)16-13(2,3)4)15-11-7-6-10(18-5)8-14-11/h6-9H,1-5H3,(H,14,15)(H,16,17). The third kappa shape index (κ3) is 4.61. The van der Waals surface area contributed by atoms with Crippen LogP contribution >= 0.6 is 0 Å². The summed E-state index contributed by atoms with van der Waals surface area (Å²) in [6.07, 6.45) is 1.61. The van der Waals surface area contributed by atoms with E-state index < -0.39 is 0 Å². The van der Waals surface area contributed by atoms with Gasteiger partial charge in [0.05, 0.1) is 13.3 Å². The van der Waals surface area contributed by atoms with Gasteiger partial charge in [-0.25, -0.2) is 4.98 Å². The zero-order chi connectivity index (χ0) is 13.8. The number of carbonyl (C=O) groups is 1. The lowest BCUT2D eigenvalue weighted by atomic mass is 10.1. The maximum Gasteiger partial charge on any atom is 0.242 e. The average molecular weight is 251 g/mol. The molecule has 5 heteroatoms. The van der Waals surface area contributed by atoms with Crippen LogP contribution in [0.5, 0.6) is 5.75 Å². The number of nitrogens with zero attached hydrogens (tertiary/aromatic N) is 1. The molecule has 0 saturated heterocycles. The molecular formula is C13H21N3O2. The maximum atomic E-state index is 11.9. The number of aromatic nitrogens is 1. The number of carbonyl (C=O) groups excluding carboxylic acids is 1. The smallest absolute Gasteiger partial charge is 0.242 e. The molecule has 0 aliphatic carbocycles. The number of ether oxygens (including phenoxy) is 1. The quantitative estimate of drug-likeness (QED) is 0.856. The molecule has 100 valence electrons. The first-order valence-electron chi connectivity index (χ1n) is 5.90. The number of nitrogens with one attached hydrogen (secondary N) is 2. The summed E-state index contributed by atoms with van der Waals surface area (Å²) in [5, 5.41) is 5.94. The van der Waals surface area contributed by atoms with Crippen LogP contribution in [-0.2, 0) is 4.79 Å². The molecule has 1 aromatic rings. The summed E-state index contributed by atoms with van der Waals surface area (Å²) in [7, 11) is 1.59. The summed E-state index contributed by atoms with van der Waals surface area (Å²) >= 11 is 0. The highest BCUT2D eigenvalue weighted by Crippen LogP contribution is 2.12. The fraction of sp³-hybridized carbons (Fsp3) is 0.538. The largest absolute Gasteiger partial charge is 0.495 e. The minimum atomic E-state index is -0.342. The fourth-order valence-electron chi connectivity index (χ4n) is 1.35. The van der Waals surface area contributed by atoms with Crippen LogP contribution in [0.1, 0.15) is 27.7 Å². The molecule has 0 radical (unpaired) electrons. The highest BCUT2D eigenvalue weighted by molar-refractivity contribution is 5.84. The molecule has 1 rings (SSSR count). The second kappa shape index (κ2) is 5.71. The zero-order valence-electron chi connectivity index (χ0n) is 11.6. The second-order valence-electron chi connectivity index (χ2n) is 5.19. The van der Waals surface area contributed by atoms with Crippen LogP contribution in [0.25, 0.3) is 0 Å². The third-order valence-electron chi connectivity index (χ3n) is 2.23. The molecule has 1 atom stereocenters. The van der Waals surface area contributed by atoms with Crippen molar-refractivity contribution in [2.24, 2.45) is 0 Å². The van der Waals surface area contributed by atoms with Crippen molar-refractivity contribution < 1.29 is 9.53 Å². The second-order valence-corrected chi connectivity index (χ2v) is 5.19. The van der Waals surface area contributed by atoms with Crippen molar-refractivity contribution in [1.29, 1.82) is 0 Å². The van der Waals surface area contributed by atoms with E-state index in [1.807, 2.05) is 20.8 Å². The Balaban J connectivity index is 2.58. The van der Waals surface area contributed by atoms with Gasteiger partial charge in [0, 0.05) is 5.54 Å². The topological polar surface area (TPSA) is 63.2 Å². The van der Waals surface area contributed by atoms with Crippen molar-refractivity contribution in [3.8, 4) is 5.75 Å². The Morgan fingerprint density at radius 1 is 1.39 bits per heavy atom. The highest BCUT2D eigenvalue weighted by atomic mass is 16.5. The van der Waals surface area contributed by atoms with Crippen LogP contribution < -0.4 is 15.4 Å². The summed E-state index contributed by atoms with van der Waals surface area (Å²) in [4.78, 5) is 16.0. The predicted molar refractivity (Wildman–Crippen MR) is 71.8 cm³/mol. The molecule has 1 aromatic heterocycles. The summed E-state index contributed by atoms with van der Waals surface area (Å²) in [6.45, 7) is 7.64. The van der Waals surface area contributed by atoms with Crippen LogP contribution in [0.2, 0.25) is 0 Å². The van der Waals surface area contributed by atoms with Crippen LogP contribution in [0.15, 0.2) is 18.3 Å². The van der Waals surface area contributed by atoms with E-state index in [1.165, 1.54) is 0 Å². The van der Waals surface area contributed by atoms with E-state index in [9.17, 15) is 4.79 Å². The summed E-state index contributed by atoms with van der Waals surface area (Å²) < 4.78 is 5.02. The van der Waals surface area contributed by atoms with Crippen molar-refractivity contribution in [2.45, 2.75) is 39.3 Å². The van der Waals surface area contributed by atoms with Gasteiger partial charge >= 0.3 is 0 Å². The van der Waals surface area contributed by atoms with Gasteiger partial charge in [-0.1, -0.05) is 0 Å². The number of amides is 1. The summed E-state index contributed by atoms with van der Waals surface area (Å²) in [6, 6.07) is 3.23. The Morgan fingerprint density at radius 2 is 2.06 bits per heavy atom. The monoisotopic (exact) mass is 251 g/mol. The molecule has 18 heavy (non-hydrogen) atoms. The van der Waals surface area contributed by atoms with Gasteiger partial charge < -0.3 is 15.4 Å². The molecule has 0 aliphatic rings. The first-order chi connectivity index (χ1) is 8.31. The van der Waals surface area contributed by atoms with Gasteiger partial charge in [0.15, 0.2) is 0 Å². The van der Waals surface area contributed by atoms with Crippen molar-refractivity contribution in [2.75, 3.05) is 12.4 Å². The Bertz CT molecular complexity index is 396. The molecule has 1 amide bonds. The molecule has 0 aromatic carbocycles. The van der Waals surface area contributed by atoms with E-state index in [0.717, 1.165) is 0 Å². The Morgan fingerprint density at radius 3 is 2.50 bits per heavy atom. The van der Waals surface area contributed by atoms with Gasteiger partial charge in [0.25, 0.3) is 0 Å². The minimum Gasteiger partial charge on any atom is -0.495 e. The zero-order valence-corrected chi connectivity index (χ0v) is 11.6. The number of hydrogen-bond donors (Lipinski definition) is 2.